The number of nitriles is 1. The number of carbonyl (C=O) groups is 1. The van der Waals surface area contributed by atoms with Crippen LogP contribution in [-0.2, 0) is 10.6 Å². The maximum Gasteiger partial charge on any atom is 0.446 e. The molecule has 1 rings (SSSR count). The van der Waals surface area contributed by atoms with Crippen molar-refractivity contribution in [1.29, 1.82) is 5.26 Å². The lowest BCUT2D eigenvalue weighted by atomic mass is 10.1. The van der Waals surface area contributed by atoms with E-state index in [0.717, 1.165) is 19.2 Å². The van der Waals surface area contributed by atoms with Crippen molar-refractivity contribution in [3.63, 3.8) is 0 Å². The number of methoxy groups -OCH3 is 1. The summed E-state index contributed by atoms with van der Waals surface area (Å²) in [6, 6.07) is 3.89. The number of hydrogen-bond acceptors (Lipinski definition) is 4. The van der Waals surface area contributed by atoms with Crippen molar-refractivity contribution < 1.29 is 22.7 Å². The number of hydrogen-bond donors (Lipinski definition) is 0. The Hall–Kier alpha value is -1.39. The first-order valence-corrected chi connectivity index (χ1v) is 6.14. The molecule has 19 heavy (non-hydrogen) atoms. The van der Waals surface area contributed by atoms with E-state index in [1.807, 2.05) is 0 Å². The monoisotopic (exact) mass is 309 g/mol. The van der Waals surface area contributed by atoms with Gasteiger partial charge in [0, 0.05) is 10.8 Å². The third-order valence-electron chi connectivity index (χ3n) is 2.10. The van der Waals surface area contributed by atoms with E-state index in [2.05, 4.69) is 4.74 Å². The smallest absolute Gasteiger partial charge is 0.446 e. The standard InChI is InChI=1S/C11H7ClF3NO2S/c1-18-10(17)7-2-6(5-16)3-9(8(7)4-12)19-11(13,14)15/h2-3H,4H2,1H3. The number of benzene rings is 1. The molecule has 0 aromatic heterocycles. The summed E-state index contributed by atoms with van der Waals surface area (Å²) in [4.78, 5) is 11.2. The Bertz CT molecular complexity index is 540. The second-order valence-electron chi connectivity index (χ2n) is 3.29. The van der Waals surface area contributed by atoms with Crippen LogP contribution in [0.5, 0.6) is 0 Å². The van der Waals surface area contributed by atoms with Gasteiger partial charge in [-0.25, -0.2) is 4.79 Å². The number of alkyl halides is 4. The molecule has 0 saturated heterocycles. The number of carbonyl (C=O) groups excluding carboxylic acids is 1. The van der Waals surface area contributed by atoms with Crippen LogP contribution < -0.4 is 0 Å². The molecule has 0 fully saturated rings. The molecule has 0 aliphatic carbocycles. The number of rotatable bonds is 3. The van der Waals surface area contributed by atoms with Crippen LogP contribution in [0.3, 0.4) is 0 Å². The number of ether oxygens (including phenoxy) is 1. The number of thioether (sulfide) groups is 1. The summed E-state index contributed by atoms with van der Waals surface area (Å²) >= 11 is 5.17. The lowest BCUT2D eigenvalue weighted by Gasteiger charge is -2.13. The second kappa shape index (κ2) is 6.17. The minimum atomic E-state index is -4.54. The summed E-state index contributed by atoms with van der Waals surface area (Å²) in [6.45, 7) is 0. The predicted octanol–water partition coefficient (Wildman–Crippen LogP) is 3.70. The minimum absolute atomic E-state index is 0.00478. The molecule has 0 heterocycles. The van der Waals surface area contributed by atoms with E-state index in [4.69, 9.17) is 16.9 Å². The molecule has 0 N–H and O–H groups in total. The fourth-order valence-electron chi connectivity index (χ4n) is 1.36. The van der Waals surface area contributed by atoms with Crippen molar-refractivity contribution in [3.05, 3.63) is 28.8 Å². The Labute approximate surface area is 116 Å². The Morgan fingerprint density at radius 1 is 1.53 bits per heavy atom. The van der Waals surface area contributed by atoms with Gasteiger partial charge in [0.05, 0.1) is 24.3 Å². The van der Waals surface area contributed by atoms with Crippen LogP contribution in [0.2, 0.25) is 0 Å². The molecule has 0 aliphatic rings. The van der Waals surface area contributed by atoms with E-state index >= 15 is 0 Å². The highest BCUT2D eigenvalue weighted by atomic mass is 35.5. The Morgan fingerprint density at radius 2 is 2.16 bits per heavy atom. The third kappa shape index (κ3) is 4.04. The first-order chi connectivity index (χ1) is 8.82. The van der Waals surface area contributed by atoms with Crippen LogP contribution in [0.4, 0.5) is 13.2 Å². The van der Waals surface area contributed by atoms with Gasteiger partial charge in [0.1, 0.15) is 0 Å². The van der Waals surface area contributed by atoms with Gasteiger partial charge in [-0.15, -0.1) is 11.6 Å². The third-order valence-corrected chi connectivity index (χ3v) is 3.19. The summed E-state index contributed by atoms with van der Waals surface area (Å²) in [5, 5.41) is 8.78. The molecule has 0 radical (unpaired) electrons. The normalized spacial score (nSPS) is 10.9. The van der Waals surface area contributed by atoms with Crippen molar-refractivity contribution in [2.24, 2.45) is 0 Å². The molecule has 0 atom stereocenters. The lowest BCUT2D eigenvalue weighted by Crippen LogP contribution is -2.09. The lowest BCUT2D eigenvalue weighted by molar-refractivity contribution is -0.0328. The van der Waals surface area contributed by atoms with Crippen LogP contribution in [0.1, 0.15) is 21.5 Å². The van der Waals surface area contributed by atoms with E-state index < -0.39 is 23.2 Å². The zero-order chi connectivity index (χ0) is 14.6. The van der Waals surface area contributed by atoms with Crippen LogP contribution in [0.25, 0.3) is 0 Å². The summed E-state index contributed by atoms with van der Waals surface area (Å²) in [5.41, 5.74) is -4.75. The van der Waals surface area contributed by atoms with Crippen molar-refractivity contribution >= 4 is 29.3 Å². The molecular weight excluding hydrogens is 303 g/mol. The zero-order valence-corrected chi connectivity index (χ0v) is 11.1. The number of esters is 1. The molecule has 102 valence electrons. The fraction of sp³-hybridized carbons (Fsp3) is 0.273. The topological polar surface area (TPSA) is 50.1 Å². The van der Waals surface area contributed by atoms with Gasteiger partial charge in [0.15, 0.2) is 0 Å². The predicted molar refractivity (Wildman–Crippen MR) is 64.0 cm³/mol. The minimum Gasteiger partial charge on any atom is -0.465 e. The first kappa shape index (κ1) is 15.7. The van der Waals surface area contributed by atoms with Crippen LogP contribution >= 0.6 is 23.4 Å². The van der Waals surface area contributed by atoms with E-state index in [1.54, 1.807) is 6.07 Å². The second-order valence-corrected chi connectivity index (χ2v) is 4.66. The van der Waals surface area contributed by atoms with Crippen LogP contribution in [0, 0.1) is 11.3 Å². The molecule has 0 bridgehead atoms. The quantitative estimate of drug-likeness (QED) is 0.485. The number of halogens is 4. The molecule has 0 unspecified atom stereocenters. The zero-order valence-electron chi connectivity index (χ0n) is 9.55. The average molecular weight is 310 g/mol. The van der Waals surface area contributed by atoms with Gasteiger partial charge in [-0.05, 0) is 29.5 Å². The Morgan fingerprint density at radius 3 is 2.58 bits per heavy atom. The summed E-state index contributed by atoms with van der Waals surface area (Å²) < 4.78 is 41.8. The largest absolute Gasteiger partial charge is 0.465 e. The molecule has 1 aromatic carbocycles. The van der Waals surface area contributed by atoms with Crippen molar-refractivity contribution in [3.8, 4) is 6.07 Å². The Balaban J connectivity index is 3.44. The number of nitrogens with zero attached hydrogens (tertiary/aromatic N) is 1. The van der Waals surface area contributed by atoms with E-state index in [1.165, 1.54) is 0 Å². The van der Waals surface area contributed by atoms with Crippen LogP contribution in [0.15, 0.2) is 17.0 Å². The van der Waals surface area contributed by atoms with E-state index in [0.29, 0.717) is 0 Å². The first-order valence-electron chi connectivity index (χ1n) is 4.79. The molecule has 0 saturated carbocycles. The van der Waals surface area contributed by atoms with Crippen molar-refractivity contribution in [1.82, 2.24) is 0 Å². The van der Waals surface area contributed by atoms with E-state index in [9.17, 15) is 18.0 Å². The molecule has 0 spiro atoms. The summed E-state index contributed by atoms with van der Waals surface area (Å²) in [5.74, 6) is -1.13. The van der Waals surface area contributed by atoms with Crippen LogP contribution in [-0.4, -0.2) is 18.6 Å². The summed E-state index contributed by atoms with van der Waals surface area (Å²) in [7, 11) is 1.09. The highest BCUT2D eigenvalue weighted by Gasteiger charge is 2.32. The van der Waals surface area contributed by atoms with Gasteiger partial charge in [0.2, 0.25) is 0 Å². The Kier molecular flexibility index (Phi) is 5.09. The van der Waals surface area contributed by atoms with Gasteiger partial charge in [-0.2, -0.15) is 18.4 Å². The molecule has 1 aromatic rings. The van der Waals surface area contributed by atoms with Crippen molar-refractivity contribution in [2.45, 2.75) is 16.3 Å². The molecule has 0 amide bonds. The highest BCUT2D eigenvalue weighted by Crippen LogP contribution is 2.40. The van der Waals surface area contributed by atoms with Gasteiger partial charge in [-0.3, -0.25) is 0 Å². The highest BCUT2D eigenvalue weighted by molar-refractivity contribution is 8.00. The molecular formula is C11H7ClF3NO2S. The van der Waals surface area contributed by atoms with Gasteiger partial charge in [-0.1, -0.05) is 0 Å². The van der Waals surface area contributed by atoms with E-state index in [-0.39, 0.29) is 27.5 Å². The molecule has 8 heteroatoms. The average Bonchev–Trinajstić information content (AvgIpc) is 2.34. The van der Waals surface area contributed by atoms with Gasteiger partial charge < -0.3 is 4.74 Å². The molecule has 3 nitrogen and oxygen atoms in total. The SMILES string of the molecule is COC(=O)c1cc(C#N)cc(SC(F)(F)F)c1CCl. The maximum absolute atomic E-state index is 12.4. The maximum atomic E-state index is 12.4. The summed E-state index contributed by atoms with van der Waals surface area (Å²) in [6.07, 6.45) is 0. The fourth-order valence-corrected chi connectivity index (χ4v) is 2.46. The van der Waals surface area contributed by atoms with Crippen molar-refractivity contribution in [2.75, 3.05) is 7.11 Å². The van der Waals surface area contributed by atoms with Gasteiger partial charge in [0.25, 0.3) is 0 Å². The van der Waals surface area contributed by atoms with Gasteiger partial charge >= 0.3 is 11.5 Å². The molecule has 0 aliphatic heterocycles.